The minimum Gasteiger partial charge on any atom is -0.490 e. The molecule has 2 aromatic rings. The van der Waals surface area contributed by atoms with Gasteiger partial charge in [-0.2, -0.15) is 0 Å². The summed E-state index contributed by atoms with van der Waals surface area (Å²) in [6.45, 7) is 1.27. The molecule has 30 heavy (non-hydrogen) atoms. The number of para-hydroxylation sites is 1. The number of thioether (sulfide) groups is 1. The lowest BCUT2D eigenvalue weighted by Gasteiger charge is -2.32. The highest BCUT2D eigenvalue weighted by Crippen LogP contribution is 2.26. The number of likely N-dealkylation sites (tertiary alicyclic amines) is 1. The van der Waals surface area contributed by atoms with E-state index in [1.807, 2.05) is 54.6 Å². The smallest absolute Gasteiger partial charge is 0.321 e. The van der Waals surface area contributed by atoms with Crippen LogP contribution in [-0.2, 0) is 4.79 Å². The Morgan fingerprint density at radius 1 is 1.07 bits per heavy atom. The van der Waals surface area contributed by atoms with Crippen LogP contribution in [0.2, 0.25) is 0 Å². The van der Waals surface area contributed by atoms with Crippen molar-refractivity contribution in [1.29, 1.82) is 0 Å². The Bertz CT molecular complexity index is 968. The van der Waals surface area contributed by atoms with Crippen LogP contribution in [0, 0.1) is 0 Å². The number of amides is 4. The van der Waals surface area contributed by atoms with Crippen LogP contribution in [0.1, 0.15) is 18.4 Å². The number of hydrogen-bond donors (Lipinski definition) is 2. The van der Waals surface area contributed by atoms with Crippen LogP contribution in [0.3, 0.4) is 0 Å². The molecule has 2 N–H and O–H groups in total. The number of benzene rings is 2. The molecule has 8 heteroatoms. The molecule has 0 aliphatic carbocycles. The summed E-state index contributed by atoms with van der Waals surface area (Å²) in [4.78, 5) is 37.4. The van der Waals surface area contributed by atoms with Crippen molar-refractivity contribution in [2.75, 3.05) is 18.4 Å². The third-order valence-electron chi connectivity index (χ3n) is 4.88. The zero-order chi connectivity index (χ0) is 20.9. The molecule has 2 aliphatic heterocycles. The average molecular weight is 423 g/mol. The van der Waals surface area contributed by atoms with Crippen molar-refractivity contribution in [2.24, 2.45) is 0 Å². The van der Waals surface area contributed by atoms with E-state index in [9.17, 15) is 14.4 Å². The summed E-state index contributed by atoms with van der Waals surface area (Å²) in [6.07, 6.45) is 3.24. The van der Waals surface area contributed by atoms with E-state index < -0.39 is 0 Å². The monoisotopic (exact) mass is 423 g/mol. The molecule has 0 radical (unpaired) electrons. The predicted octanol–water partition coefficient (Wildman–Crippen LogP) is 4.09. The van der Waals surface area contributed by atoms with Gasteiger partial charge in [-0.1, -0.05) is 30.3 Å². The van der Waals surface area contributed by atoms with E-state index in [0.29, 0.717) is 18.0 Å². The van der Waals surface area contributed by atoms with Crippen LogP contribution >= 0.6 is 11.8 Å². The SMILES string of the molecule is O=C1NC(=O)/C(=C/c2ccc(OC3CCN(C(=O)Nc4ccccc4)CC3)cc2)S1. The van der Waals surface area contributed by atoms with Crippen molar-refractivity contribution in [3.8, 4) is 5.75 Å². The molecule has 0 aromatic heterocycles. The van der Waals surface area contributed by atoms with E-state index in [4.69, 9.17) is 4.74 Å². The lowest BCUT2D eigenvalue weighted by molar-refractivity contribution is -0.115. The highest BCUT2D eigenvalue weighted by atomic mass is 32.2. The number of carbonyl (C=O) groups is 3. The topological polar surface area (TPSA) is 87.7 Å². The van der Waals surface area contributed by atoms with E-state index >= 15 is 0 Å². The fraction of sp³-hybridized carbons (Fsp3) is 0.227. The second kappa shape index (κ2) is 9.04. The molecule has 2 saturated heterocycles. The summed E-state index contributed by atoms with van der Waals surface area (Å²) < 4.78 is 6.05. The number of nitrogens with one attached hydrogen (secondary N) is 2. The summed E-state index contributed by atoms with van der Waals surface area (Å²) in [7, 11) is 0. The largest absolute Gasteiger partial charge is 0.490 e. The Labute approximate surface area is 178 Å². The first-order valence-electron chi connectivity index (χ1n) is 9.69. The van der Waals surface area contributed by atoms with Gasteiger partial charge >= 0.3 is 6.03 Å². The Morgan fingerprint density at radius 2 is 1.77 bits per heavy atom. The van der Waals surface area contributed by atoms with Gasteiger partial charge in [0.15, 0.2) is 0 Å². The Morgan fingerprint density at radius 3 is 2.40 bits per heavy atom. The maximum absolute atomic E-state index is 12.4. The second-order valence-corrected chi connectivity index (χ2v) is 8.04. The predicted molar refractivity (Wildman–Crippen MR) is 116 cm³/mol. The fourth-order valence-corrected chi connectivity index (χ4v) is 3.99. The average Bonchev–Trinajstić information content (AvgIpc) is 3.07. The van der Waals surface area contributed by atoms with Gasteiger partial charge in [0.25, 0.3) is 11.1 Å². The molecule has 2 aliphatic rings. The van der Waals surface area contributed by atoms with E-state index in [1.165, 1.54) is 0 Å². The Kier molecular flexibility index (Phi) is 6.04. The van der Waals surface area contributed by atoms with Crippen molar-refractivity contribution in [1.82, 2.24) is 10.2 Å². The van der Waals surface area contributed by atoms with Crippen LogP contribution < -0.4 is 15.4 Å². The molecule has 2 fully saturated rings. The lowest BCUT2D eigenvalue weighted by Crippen LogP contribution is -2.43. The minimum absolute atomic E-state index is 0.0452. The maximum atomic E-state index is 12.4. The number of piperidine rings is 1. The van der Waals surface area contributed by atoms with Gasteiger partial charge in [-0.05, 0) is 47.7 Å². The zero-order valence-electron chi connectivity index (χ0n) is 16.2. The van der Waals surface area contributed by atoms with Crippen LogP contribution in [0.25, 0.3) is 6.08 Å². The Balaban J connectivity index is 1.27. The van der Waals surface area contributed by atoms with Gasteiger partial charge in [-0.25, -0.2) is 4.79 Å². The van der Waals surface area contributed by atoms with Crippen LogP contribution in [-0.4, -0.2) is 41.3 Å². The zero-order valence-corrected chi connectivity index (χ0v) is 17.0. The van der Waals surface area contributed by atoms with E-state index in [1.54, 1.807) is 11.0 Å². The summed E-state index contributed by atoms with van der Waals surface area (Å²) in [5, 5.41) is 4.79. The molecule has 0 unspecified atom stereocenters. The summed E-state index contributed by atoms with van der Waals surface area (Å²) in [6, 6.07) is 16.7. The van der Waals surface area contributed by atoms with Gasteiger partial charge in [0.2, 0.25) is 0 Å². The molecule has 2 heterocycles. The van der Waals surface area contributed by atoms with Gasteiger partial charge in [-0.3, -0.25) is 14.9 Å². The molecule has 154 valence electrons. The number of carbonyl (C=O) groups excluding carboxylic acids is 3. The normalized spacial score (nSPS) is 18.4. The molecule has 7 nitrogen and oxygen atoms in total. The highest BCUT2D eigenvalue weighted by Gasteiger charge is 2.25. The molecule has 0 saturated carbocycles. The van der Waals surface area contributed by atoms with Gasteiger partial charge < -0.3 is 15.0 Å². The minimum atomic E-state index is -0.367. The van der Waals surface area contributed by atoms with Crippen LogP contribution in [0.5, 0.6) is 5.75 Å². The second-order valence-electron chi connectivity index (χ2n) is 7.02. The molecule has 0 bridgehead atoms. The van der Waals surface area contributed by atoms with Gasteiger partial charge in [0.05, 0.1) is 4.91 Å². The first-order chi connectivity index (χ1) is 14.6. The fourth-order valence-electron chi connectivity index (χ4n) is 3.31. The lowest BCUT2D eigenvalue weighted by atomic mass is 10.1. The molecule has 4 amide bonds. The molecular weight excluding hydrogens is 402 g/mol. The number of anilines is 1. The first-order valence-corrected chi connectivity index (χ1v) is 10.5. The van der Waals surface area contributed by atoms with Crippen molar-refractivity contribution in [3.05, 3.63) is 65.1 Å². The summed E-state index contributed by atoms with van der Waals surface area (Å²) in [5.41, 5.74) is 1.61. The first kappa shape index (κ1) is 20.0. The maximum Gasteiger partial charge on any atom is 0.321 e. The standard InChI is InChI=1S/C22H21N3O4S/c26-20-19(30-22(28)24-20)14-15-6-8-17(9-7-15)29-18-10-12-25(13-11-18)21(27)23-16-4-2-1-3-5-16/h1-9,14,18H,10-13H2,(H,23,27)(H,24,26,28)/b19-14-. The summed E-state index contributed by atoms with van der Waals surface area (Å²) in [5.74, 6) is 0.373. The molecule has 4 rings (SSSR count). The quantitative estimate of drug-likeness (QED) is 0.724. The van der Waals surface area contributed by atoms with E-state index in [2.05, 4.69) is 10.6 Å². The van der Waals surface area contributed by atoms with Gasteiger partial charge in [0.1, 0.15) is 11.9 Å². The number of rotatable bonds is 4. The highest BCUT2D eigenvalue weighted by molar-refractivity contribution is 8.18. The number of ether oxygens (including phenoxy) is 1. The third-order valence-corrected chi connectivity index (χ3v) is 5.69. The Hall–Kier alpha value is -3.26. The number of nitrogens with zero attached hydrogens (tertiary/aromatic N) is 1. The van der Waals surface area contributed by atoms with E-state index in [0.717, 1.165) is 41.6 Å². The number of hydrogen-bond acceptors (Lipinski definition) is 5. The number of urea groups is 1. The molecular formula is C22H21N3O4S. The van der Waals surface area contributed by atoms with Crippen molar-refractivity contribution in [3.63, 3.8) is 0 Å². The molecule has 2 aromatic carbocycles. The van der Waals surface area contributed by atoms with Crippen LogP contribution in [0.4, 0.5) is 15.3 Å². The number of imide groups is 1. The molecule has 0 spiro atoms. The van der Waals surface area contributed by atoms with Gasteiger partial charge in [0, 0.05) is 31.6 Å². The van der Waals surface area contributed by atoms with Crippen molar-refractivity contribution < 1.29 is 19.1 Å². The molecule has 0 atom stereocenters. The third kappa shape index (κ3) is 5.01. The van der Waals surface area contributed by atoms with Crippen molar-refractivity contribution >= 4 is 40.7 Å². The van der Waals surface area contributed by atoms with Crippen molar-refractivity contribution in [2.45, 2.75) is 18.9 Å². The van der Waals surface area contributed by atoms with E-state index in [-0.39, 0.29) is 23.3 Å². The van der Waals surface area contributed by atoms with Gasteiger partial charge in [-0.15, -0.1) is 0 Å². The summed E-state index contributed by atoms with van der Waals surface area (Å²) >= 11 is 0.897. The van der Waals surface area contributed by atoms with Crippen LogP contribution in [0.15, 0.2) is 59.5 Å².